The number of ether oxygens (including phenoxy) is 1. The Kier molecular flexibility index (Phi) is 5.55. The van der Waals surface area contributed by atoms with Crippen LogP contribution in [-0.2, 0) is 9.53 Å². The van der Waals surface area contributed by atoms with E-state index in [-0.39, 0.29) is 5.97 Å². The highest BCUT2D eigenvalue weighted by molar-refractivity contribution is 7.14. The summed E-state index contributed by atoms with van der Waals surface area (Å²) in [6.45, 7) is 6.35. The fourth-order valence-electron chi connectivity index (χ4n) is 1.92. The smallest absolute Gasteiger partial charge is 0.306 e. The first kappa shape index (κ1) is 16.5. The summed E-state index contributed by atoms with van der Waals surface area (Å²) in [4.78, 5) is 16.1. The Morgan fingerprint density at radius 2 is 2.00 bits per heavy atom. The number of nitrogens with one attached hydrogen (secondary N) is 1. The van der Waals surface area contributed by atoms with Gasteiger partial charge in [0.1, 0.15) is 5.60 Å². The van der Waals surface area contributed by atoms with E-state index in [1.165, 1.54) is 0 Å². The Morgan fingerprint density at radius 3 is 2.68 bits per heavy atom. The maximum absolute atomic E-state index is 11.6. The molecule has 22 heavy (non-hydrogen) atoms. The molecule has 0 radical (unpaired) electrons. The predicted molar refractivity (Wildman–Crippen MR) is 91.1 cm³/mol. The molecule has 0 saturated carbocycles. The van der Waals surface area contributed by atoms with Crippen molar-refractivity contribution in [1.29, 1.82) is 0 Å². The van der Waals surface area contributed by atoms with Crippen LogP contribution in [0.1, 0.15) is 33.6 Å². The van der Waals surface area contributed by atoms with Gasteiger partial charge in [-0.2, -0.15) is 0 Å². The Balaban J connectivity index is 1.74. The Labute approximate surface area is 135 Å². The quantitative estimate of drug-likeness (QED) is 0.636. The zero-order valence-electron chi connectivity index (χ0n) is 13.3. The number of rotatable bonds is 6. The van der Waals surface area contributed by atoms with Crippen molar-refractivity contribution >= 4 is 22.4 Å². The number of anilines is 1. The minimum Gasteiger partial charge on any atom is -0.460 e. The molecule has 1 aromatic heterocycles. The Morgan fingerprint density at radius 1 is 1.27 bits per heavy atom. The van der Waals surface area contributed by atoms with Crippen LogP contribution in [0, 0.1) is 0 Å². The van der Waals surface area contributed by atoms with Gasteiger partial charge in [0.15, 0.2) is 5.13 Å². The summed E-state index contributed by atoms with van der Waals surface area (Å²) >= 11 is 1.57. The fraction of sp³-hybridized carbons (Fsp3) is 0.412. The zero-order valence-corrected chi connectivity index (χ0v) is 14.1. The maximum atomic E-state index is 11.6. The lowest BCUT2D eigenvalue weighted by atomic mass is 10.2. The molecule has 0 fully saturated rings. The van der Waals surface area contributed by atoms with Crippen molar-refractivity contribution in [3.05, 3.63) is 35.7 Å². The van der Waals surface area contributed by atoms with Gasteiger partial charge in [0.2, 0.25) is 0 Å². The molecule has 0 bridgehead atoms. The highest BCUT2D eigenvalue weighted by Gasteiger charge is 2.15. The van der Waals surface area contributed by atoms with E-state index in [1.807, 2.05) is 56.5 Å². The predicted octanol–water partition coefficient (Wildman–Crippen LogP) is 4.34. The van der Waals surface area contributed by atoms with E-state index >= 15 is 0 Å². The number of thiazole rings is 1. The van der Waals surface area contributed by atoms with E-state index in [0.717, 1.165) is 22.8 Å². The molecule has 1 N–H and O–H groups in total. The third kappa shape index (κ3) is 5.48. The van der Waals surface area contributed by atoms with Crippen LogP contribution < -0.4 is 5.32 Å². The van der Waals surface area contributed by atoms with Gasteiger partial charge in [-0.1, -0.05) is 30.3 Å². The Bertz CT molecular complexity index is 603. The maximum Gasteiger partial charge on any atom is 0.306 e. The van der Waals surface area contributed by atoms with E-state index in [2.05, 4.69) is 10.3 Å². The SMILES string of the molecule is CC(C)(C)OC(=O)CCCNc1nc(-c2ccccc2)cs1. The molecule has 0 unspecified atom stereocenters. The second-order valence-corrected chi connectivity index (χ2v) is 6.88. The van der Waals surface area contributed by atoms with E-state index < -0.39 is 5.60 Å². The van der Waals surface area contributed by atoms with Gasteiger partial charge in [-0.15, -0.1) is 11.3 Å². The molecule has 0 saturated heterocycles. The average molecular weight is 318 g/mol. The number of esters is 1. The van der Waals surface area contributed by atoms with Crippen molar-refractivity contribution < 1.29 is 9.53 Å². The molecule has 0 aliphatic heterocycles. The average Bonchev–Trinajstić information content (AvgIpc) is 2.91. The molecule has 1 heterocycles. The van der Waals surface area contributed by atoms with Crippen LogP contribution in [-0.4, -0.2) is 23.1 Å². The fourth-order valence-corrected chi connectivity index (χ4v) is 2.67. The number of aromatic nitrogens is 1. The van der Waals surface area contributed by atoms with Crippen LogP contribution in [0.2, 0.25) is 0 Å². The molecule has 0 atom stereocenters. The van der Waals surface area contributed by atoms with E-state index in [9.17, 15) is 4.79 Å². The molecule has 0 aliphatic rings. The highest BCUT2D eigenvalue weighted by atomic mass is 32.1. The molecule has 5 heteroatoms. The number of benzene rings is 1. The first-order chi connectivity index (χ1) is 10.4. The van der Waals surface area contributed by atoms with Crippen LogP contribution in [0.4, 0.5) is 5.13 Å². The molecule has 0 spiro atoms. The van der Waals surface area contributed by atoms with Crippen molar-refractivity contribution in [3.63, 3.8) is 0 Å². The molecule has 0 aliphatic carbocycles. The lowest BCUT2D eigenvalue weighted by Crippen LogP contribution is -2.24. The summed E-state index contributed by atoms with van der Waals surface area (Å²) in [6.07, 6.45) is 1.15. The molecule has 2 aromatic rings. The van der Waals surface area contributed by atoms with Crippen LogP contribution in [0.25, 0.3) is 11.3 Å². The number of hydrogen-bond acceptors (Lipinski definition) is 5. The molecule has 1 aromatic carbocycles. The van der Waals surface area contributed by atoms with Crippen molar-refractivity contribution in [1.82, 2.24) is 4.98 Å². The van der Waals surface area contributed by atoms with E-state index in [0.29, 0.717) is 13.0 Å². The lowest BCUT2D eigenvalue weighted by Gasteiger charge is -2.19. The Hall–Kier alpha value is -1.88. The summed E-state index contributed by atoms with van der Waals surface area (Å²) in [6, 6.07) is 10.1. The van der Waals surface area contributed by atoms with Gasteiger partial charge < -0.3 is 10.1 Å². The summed E-state index contributed by atoms with van der Waals surface area (Å²) in [5, 5.41) is 6.16. The van der Waals surface area contributed by atoms with E-state index in [1.54, 1.807) is 11.3 Å². The first-order valence-electron chi connectivity index (χ1n) is 7.41. The third-order valence-corrected chi connectivity index (χ3v) is 3.63. The van der Waals surface area contributed by atoms with Crippen LogP contribution in [0.15, 0.2) is 35.7 Å². The molecular formula is C17H22N2O2S. The van der Waals surface area contributed by atoms with Crippen LogP contribution in [0.3, 0.4) is 0 Å². The van der Waals surface area contributed by atoms with Crippen molar-refractivity contribution in [2.45, 2.75) is 39.2 Å². The second-order valence-electron chi connectivity index (χ2n) is 6.02. The number of nitrogens with zero attached hydrogens (tertiary/aromatic N) is 1. The second kappa shape index (κ2) is 7.40. The summed E-state index contributed by atoms with van der Waals surface area (Å²) in [5.41, 5.74) is 1.67. The van der Waals surface area contributed by atoms with Gasteiger partial charge in [0, 0.05) is 23.9 Å². The van der Waals surface area contributed by atoms with Gasteiger partial charge in [-0.05, 0) is 27.2 Å². The molecule has 2 rings (SSSR count). The molecule has 118 valence electrons. The van der Waals surface area contributed by atoms with Gasteiger partial charge >= 0.3 is 5.97 Å². The van der Waals surface area contributed by atoms with Crippen molar-refractivity contribution in [3.8, 4) is 11.3 Å². The van der Waals surface area contributed by atoms with Crippen LogP contribution in [0.5, 0.6) is 0 Å². The standard InChI is InChI=1S/C17H22N2O2S/c1-17(2,3)21-15(20)10-7-11-18-16-19-14(12-22-16)13-8-5-4-6-9-13/h4-6,8-9,12H,7,10-11H2,1-3H3,(H,18,19). The highest BCUT2D eigenvalue weighted by Crippen LogP contribution is 2.24. The first-order valence-corrected chi connectivity index (χ1v) is 8.29. The van der Waals surface area contributed by atoms with Crippen LogP contribution >= 0.6 is 11.3 Å². The van der Waals surface area contributed by atoms with E-state index in [4.69, 9.17) is 4.74 Å². The number of hydrogen-bond donors (Lipinski definition) is 1. The van der Waals surface area contributed by atoms with Crippen molar-refractivity contribution in [2.75, 3.05) is 11.9 Å². The largest absolute Gasteiger partial charge is 0.460 e. The zero-order chi connectivity index (χ0) is 16.0. The summed E-state index contributed by atoms with van der Waals surface area (Å²) in [5.74, 6) is -0.154. The van der Waals surface area contributed by atoms with Gasteiger partial charge in [-0.25, -0.2) is 4.98 Å². The topological polar surface area (TPSA) is 51.2 Å². The monoisotopic (exact) mass is 318 g/mol. The summed E-state index contributed by atoms with van der Waals surface area (Å²) < 4.78 is 5.27. The minimum absolute atomic E-state index is 0.154. The molecule has 4 nitrogen and oxygen atoms in total. The van der Waals surface area contributed by atoms with Gasteiger partial charge in [-0.3, -0.25) is 4.79 Å². The summed E-state index contributed by atoms with van der Waals surface area (Å²) in [7, 11) is 0. The third-order valence-electron chi connectivity index (χ3n) is 2.83. The van der Waals surface area contributed by atoms with Crippen molar-refractivity contribution in [2.24, 2.45) is 0 Å². The normalized spacial score (nSPS) is 11.2. The molecular weight excluding hydrogens is 296 g/mol. The van der Waals surface area contributed by atoms with Gasteiger partial charge in [0.25, 0.3) is 0 Å². The minimum atomic E-state index is -0.412. The number of carbonyl (C=O) groups is 1. The van der Waals surface area contributed by atoms with Gasteiger partial charge in [0.05, 0.1) is 5.69 Å². The lowest BCUT2D eigenvalue weighted by molar-refractivity contribution is -0.154. The number of carbonyl (C=O) groups excluding carboxylic acids is 1. The molecule has 0 amide bonds.